The van der Waals surface area contributed by atoms with E-state index in [2.05, 4.69) is 0 Å². The van der Waals surface area contributed by atoms with Gasteiger partial charge in [-0.15, -0.1) is 0 Å². The number of benzene rings is 3. The Balaban J connectivity index is 1.56. The summed E-state index contributed by atoms with van der Waals surface area (Å²) in [6.45, 7) is 0. The van der Waals surface area contributed by atoms with Crippen LogP contribution in [0.3, 0.4) is 0 Å². The molecule has 1 aliphatic rings. The normalized spacial score (nSPS) is 14.6. The van der Waals surface area contributed by atoms with Crippen LogP contribution in [0.1, 0.15) is 15.9 Å². The van der Waals surface area contributed by atoms with Crippen molar-refractivity contribution in [2.75, 3.05) is 12.0 Å². The molecule has 0 aliphatic carbocycles. The number of amides is 1. The van der Waals surface area contributed by atoms with Gasteiger partial charge in [0, 0.05) is 5.02 Å². The third-order valence-electron chi connectivity index (χ3n) is 4.72. The van der Waals surface area contributed by atoms with Crippen LogP contribution >= 0.6 is 58.8 Å². The Labute approximate surface area is 220 Å². The number of thiocarbonyl (C=S) groups is 1. The molecule has 4 rings (SSSR count). The second-order valence-electron chi connectivity index (χ2n) is 6.92. The van der Waals surface area contributed by atoms with Crippen molar-refractivity contribution in [3.8, 4) is 11.5 Å². The first kappa shape index (κ1) is 24.6. The lowest BCUT2D eigenvalue weighted by molar-refractivity contribution is -0.113. The van der Waals surface area contributed by atoms with Crippen LogP contribution in [-0.4, -0.2) is 23.3 Å². The molecular weight excluding hydrogens is 537 g/mol. The van der Waals surface area contributed by atoms with Gasteiger partial charge in [0.05, 0.1) is 33.3 Å². The van der Waals surface area contributed by atoms with Gasteiger partial charge in [-0.1, -0.05) is 64.8 Å². The maximum atomic E-state index is 13.0. The smallest absolute Gasteiger partial charge is 0.343 e. The van der Waals surface area contributed by atoms with Crippen LogP contribution in [0, 0.1) is 0 Å². The summed E-state index contributed by atoms with van der Waals surface area (Å²) in [5, 5.41) is 1.23. The van der Waals surface area contributed by atoms with Crippen molar-refractivity contribution < 1.29 is 19.1 Å². The number of methoxy groups -OCH3 is 1. The number of ether oxygens (including phenoxy) is 2. The van der Waals surface area contributed by atoms with Gasteiger partial charge in [0.1, 0.15) is 0 Å². The zero-order valence-electron chi connectivity index (χ0n) is 17.4. The van der Waals surface area contributed by atoms with Gasteiger partial charge < -0.3 is 9.47 Å². The van der Waals surface area contributed by atoms with Crippen LogP contribution in [0.5, 0.6) is 11.5 Å². The highest BCUT2D eigenvalue weighted by Gasteiger charge is 2.33. The van der Waals surface area contributed by atoms with Crippen molar-refractivity contribution in [1.82, 2.24) is 0 Å². The number of carbonyl (C=O) groups excluding carboxylic acids is 2. The molecule has 0 spiro atoms. The van der Waals surface area contributed by atoms with E-state index < -0.39 is 5.97 Å². The van der Waals surface area contributed by atoms with Crippen molar-refractivity contribution >= 4 is 86.7 Å². The summed E-state index contributed by atoms with van der Waals surface area (Å²) < 4.78 is 11.2. The van der Waals surface area contributed by atoms with Gasteiger partial charge in [0.25, 0.3) is 5.91 Å². The number of nitrogens with zero attached hydrogens (tertiary/aromatic N) is 1. The maximum Gasteiger partial charge on any atom is 0.343 e. The van der Waals surface area contributed by atoms with E-state index in [4.69, 9.17) is 56.5 Å². The van der Waals surface area contributed by atoms with Gasteiger partial charge >= 0.3 is 5.97 Å². The van der Waals surface area contributed by atoms with E-state index in [1.807, 2.05) is 0 Å². The number of halogens is 3. The Morgan fingerprint density at radius 1 is 0.971 bits per heavy atom. The Kier molecular flexibility index (Phi) is 7.50. The standard InChI is InChI=1S/C24H14Cl3NO4S2/c1-31-20-10-13(2-9-19(20)32-23(30)14-3-5-15(25)6-4-14)11-21-22(29)28(24(33)34-21)16-7-8-17(26)18(27)12-16/h2-12H,1H3/b21-11+. The maximum absolute atomic E-state index is 13.0. The van der Waals surface area contributed by atoms with E-state index in [9.17, 15) is 9.59 Å². The molecule has 0 bridgehead atoms. The van der Waals surface area contributed by atoms with E-state index >= 15 is 0 Å². The minimum Gasteiger partial charge on any atom is -0.493 e. The van der Waals surface area contributed by atoms with Gasteiger partial charge in [-0.05, 0) is 66.2 Å². The van der Waals surface area contributed by atoms with E-state index in [-0.39, 0.29) is 11.7 Å². The lowest BCUT2D eigenvalue weighted by atomic mass is 10.1. The zero-order valence-corrected chi connectivity index (χ0v) is 21.3. The molecule has 3 aromatic rings. The third kappa shape index (κ3) is 5.24. The molecule has 172 valence electrons. The Morgan fingerprint density at radius 2 is 1.71 bits per heavy atom. The summed E-state index contributed by atoms with van der Waals surface area (Å²) in [5.41, 5.74) is 1.54. The third-order valence-corrected chi connectivity index (χ3v) is 7.02. The Bertz CT molecular complexity index is 1340. The molecule has 0 radical (unpaired) electrons. The van der Waals surface area contributed by atoms with E-state index in [0.29, 0.717) is 46.9 Å². The number of anilines is 1. The fourth-order valence-electron chi connectivity index (χ4n) is 3.07. The van der Waals surface area contributed by atoms with Crippen LogP contribution < -0.4 is 14.4 Å². The minimum absolute atomic E-state index is 0.239. The van der Waals surface area contributed by atoms with Crippen molar-refractivity contribution in [2.45, 2.75) is 0 Å². The van der Waals surface area contributed by atoms with Gasteiger partial charge in [-0.3, -0.25) is 9.69 Å². The quantitative estimate of drug-likeness (QED) is 0.144. The molecule has 3 aromatic carbocycles. The topological polar surface area (TPSA) is 55.8 Å². The van der Waals surface area contributed by atoms with Crippen LogP contribution in [0.4, 0.5) is 5.69 Å². The highest BCUT2D eigenvalue weighted by atomic mass is 35.5. The van der Waals surface area contributed by atoms with Crippen molar-refractivity contribution in [3.63, 3.8) is 0 Å². The molecule has 0 N–H and O–H groups in total. The Hall–Kier alpha value is -2.55. The summed E-state index contributed by atoms with van der Waals surface area (Å²) in [4.78, 5) is 27.3. The molecule has 34 heavy (non-hydrogen) atoms. The number of hydrogen-bond acceptors (Lipinski definition) is 6. The molecular formula is C24H14Cl3NO4S2. The van der Waals surface area contributed by atoms with Gasteiger partial charge in [0.2, 0.25) is 0 Å². The van der Waals surface area contributed by atoms with Gasteiger partial charge in [0.15, 0.2) is 15.8 Å². The number of thioether (sulfide) groups is 1. The van der Waals surface area contributed by atoms with Crippen LogP contribution in [0.2, 0.25) is 15.1 Å². The highest BCUT2D eigenvalue weighted by molar-refractivity contribution is 8.27. The molecule has 0 aromatic heterocycles. The largest absolute Gasteiger partial charge is 0.493 e. The number of hydrogen-bond donors (Lipinski definition) is 0. The van der Waals surface area contributed by atoms with Crippen LogP contribution in [0.15, 0.2) is 65.6 Å². The lowest BCUT2D eigenvalue weighted by Crippen LogP contribution is -2.27. The molecule has 1 heterocycles. The van der Waals surface area contributed by atoms with Crippen molar-refractivity contribution in [3.05, 3.63) is 91.8 Å². The number of esters is 1. The number of rotatable bonds is 5. The van der Waals surface area contributed by atoms with E-state index in [1.54, 1.807) is 66.7 Å². The average molecular weight is 551 g/mol. The minimum atomic E-state index is -0.551. The summed E-state index contributed by atoms with van der Waals surface area (Å²) in [5.74, 6) is -0.269. The van der Waals surface area contributed by atoms with Gasteiger partial charge in [-0.2, -0.15) is 0 Å². The first-order valence-electron chi connectivity index (χ1n) is 9.65. The van der Waals surface area contributed by atoms with E-state index in [1.165, 1.54) is 12.0 Å². The molecule has 0 atom stereocenters. The summed E-state index contributed by atoms with van der Waals surface area (Å²) in [6.07, 6.45) is 1.68. The Morgan fingerprint density at radius 3 is 2.38 bits per heavy atom. The molecule has 1 fully saturated rings. The molecule has 10 heteroatoms. The second-order valence-corrected chi connectivity index (χ2v) is 9.85. The van der Waals surface area contributed by atoms with E-state index in [0.717, 1.165) is 11.8 Å². The second kappa shape index (κ2) is 10.4. The predicted octanol–water partition coefficient (Wildman–Crippen LogP) is 7.28. The fraction of sp³-hybridized carbons (Fsp3) is 0.0417. The molecule has 1 amide bonds. The van der Waals surface area contributed by atoms with Crippen LogP contribution in [0.25, 0.3) is 6.08 Å². The average Bonchev–Trinajstić information content (AvgIpc) is 3.09. The summed E-state index contributed by atoms with van der Waals surface area (Å²) in [6, 6.07) is 16.2. The molecule has 1 aliphatic heterocycles. The van der Waals surface area contributed by atoms with Crippen LogP contribution in [-0.2, 0) is 4.79 Å². The summed E-state index contributed by atoms with van der Waals surface area (Å²) >= 11 is 24.5. The van der Waals surface area contributed by atoms with Gasteiger partial charge in [-0.25, -0.2) is 4.79 Å². The van der Waals surface area contributed by atoms with Crippen molar-refractivity contribution in [2.24, 2.45) is 0 Å². The lowest BCUT2D eigenvalue weighted by Gasteiger charge is -2.15. The predicted molar refractivity (Wildman–Crippen MR) is 142 cm³/mol. The van der Waals surface area contributed by atoms with Crippen molar-refractivity contribution in [1.29, 1.82) is 0 Å². The first-order valence-corrected chi connectivity index (χ1v) is 12.0. The first-order chi connectivity index (χ1) is 16.3. The SMILES string of the molecule is COc1cc(/C=C2/SC(=S)N(c3ccc(Cl)c(Cl)c3)C2=O)ccc1OC(=O)c1ccc(Cl)cc1. The summed E-state index contributed by atoms with van der Waals surface area (Å²) in [7, 11) is 1.46. The zero-order chi connectivity index (χ0) is 24.4. The molecule has 1 saturated heterocycles. The monoisotopic (exact) mass is 549 g/mol. The molecule has 5 nitrogen and oxygen atoms in total. The number of carbonyl (C=O) groups is 2. The fourth-order valence-corrected chi connectivity index (χ4v) is 4.79. The molecule has 0 saturated carbocycles. The highest BCUT2D eigenvalue weighted by Crippen LogP contribution is 2.39. The molecule has 0 unspecified atom stereocenters.